The molecular formula is C19H22N6O. The molecule has 0 fully saturated rings. The molecule has 1 aromatic carbocycles. The first kappa shape index (κ1) is 16.5. The van der Waals surface area contributed by atoms with E-state index in [-0.39, 0.29) is 5.91 Å². The number of hydrogen-bond donors (Lipinski definition) is 0. The molecule has 7 heteroatoms. The van der Waals surface area contributed by atoms with Crippen LogP contribution in [0.5, 0.6) is 0 Å². The first-order valence-corrected chi connectivity index (χ1v) is 8.88. The van der Waals surface area contributed by atoms with Crippen molar-refractivity contribution in [2.75, 3.05) is 13.1 Å². The molecule has 3 aromatic rings. The van der Waals surface area contributed by atoms with E-state index in [0.29, 0.717) is 19.5 Å². The lowest BCUT2D eigenvalue weighted by molar-refractivity contribution is -0.130. The van der Waals surface area contributed by atoms with Gasteiger partial charge in [0.25, 0.3) is 0 Å². The Kier molecular flexibility index (Phi) is 4.28. The highest BCUT2D eigenvalue weighted by Gasteiger charge is 2.22. The van der Waals surface area contributed by atoms with Crippen LogP contribution in [0.25, 0.3) is 5.69 Å². The fraction of sp³-hybridized carbons (Fsp3) is 0.368. The van der Waals surface area contributed by atoms with Crippen LogP contribution in [0.1, 0.15) is 22.8 Å². The maximum absolute atomic E-state index is 12.9. The normalized spacial score (nSPS) is 14.2. The SMILES string of the molecule is Cc1nn(-c2ccccc2)c(C)c1CC(=O)N1CCc2nncn2CC1. The molecule has 0 aliphatic carbocycles. The zero-order chi connectivity index (χ0) is 18.1. The maximum Gasteiger partial charge on any atom is 0.227 e. The van der Waals surface area contributed by atoms with Gasteiger partial charge in [0.05, 0.1) is 17.8 Å². The number of aryl methyl sites for hydroxylation is 1. The van der Waals surface area contributed by atoms with E-state index >= 15 is 0 Å². The second-order valence-electron chi connectivity index (χ2n) is 6.64. The average molecular weight is 350 g/mol. The highest BCUT2D eigenvalue weighted by atomic mass is 16.2. The largest absolute Gasteiger partial charge is 0.340 e. The standard InChI is InChI=1S/C19H22N6O/c1-14-17(15(2)25(22-14)16-6-4-3-5-7-16)12-19(26)23-9-8-18-21-20-13-24(18)11-10-23/h3-7,13H,8-12H2,1-2H3. The Morgan fingerprint density at radius 3 is 2.73 bits per heavy atom. The summed E-state index contributed by atoms with van der Waals surface area (Å²) < 4.78 is 3.94. The van der Waals surface area contributed by atoms with Gasteiger partial charge in [-0.15, -0.1) is 10.2 Å². The van der Waals surface area contributed by atoms with E-state index in [9.17, 15) is 4.79 Å². The molecule has 134 valence electrons. The van der Waals surface area contributed by atoms with Gasteiger partial charge in [-0.05, 0) is 26.0 Å². The lowest BCUT2D eigenvalue weighted by atomic mass is 10.1. The minimum Gasteiger partial charge on any atom is -0.340 e. The van der Waals surface area contributed by atoms with Gasteiger partial charge in [0.1, 0.15) is 12.2 Å². The third-order valence-electron chi connectivity index (χ3n) is 5.03. The summed E-state index contributed by atoms with van der Waals surface area (Å²) in [7, 11) is 0. The predicted molar refractivity (Wildman–Crippen MR) is 97.0 cm³/mol. The van der Waals surface area contributed by atoms with Crippen molar-refractivity contribution in [3.63, 3.8) is 0 Å². The van der Waals surface area contributed by atoms with Gasteiger partial charge in [-0.25, -0.2) is 4.68 Å². The van der Waals surface area contributed by atoms with Gasteiger partial charge < -0.3 is 9.47 Å². The van der Waals surface area contributed by atoms with Gasteiger partial charge in [-0.2, -0.15) is 5.10 Å². The van der Waals surface area contributed by atoms with Crippen LogP contribution in [0.15, 0.2) is 36.7 Å². The average Bonchev–Trinajstić information content (AvgIpc) is 3.15. The molecule has 0 saturated carbocycles. The van der Waals surface area contributed by atoms with Gasteiger partial charge in [-0.3, -0.25) is 4.79 Å². The maximum atomic E-state index is 12.9. The predicted octanol–water partition coefficient (Wildman–Crippen LogP) is 1.71. The van der Waals surface area contributed by atoms with Crippen molar-refractivity contribution < 1.29 is 4.79 Å². The van der Waals surface area contributed by atoms with Crippen molar-refractivity contribution in [3.05, 3.63) is 59.4 Å². The Balaban J connectivity index is 1.51. The molecule has 0 spiro atoms. The number of rotatable bonds is 3. The van der Waals surface area contributed by atoms with E-state index in [4.69, 9.17) is 0 Å². The number of carbonyl (C=O) groups is 1. The smallest absolute Gasteiger partial charge is 0.227 e. The van der Waals surface area contributed by atoms with Crippen LogP contribution >= 0.6 is 0 Å². The number of benzene rings is 1. The first-order valence-electron chi connectivity index (χ1n) is 8.88. The van der Waals surface area contributed by atoms with Gasteiger partial charge in [0.2, 0.25) is 5.91 Å². The first-order chi connectivity index (χ1) is 12.6. The molecule has 4 rings (SSSR count). The second-order valence-corrected chi connectivity index (χ2v) is 6.64. The summed E-state index contributed by atoms with van der Waals surface area (Å²) in [5, 5.41) is 12.7. The van der Waals surface area contributed by atoms with E-state index in [2.05, 4.69) is 15.3 Å². The molecule has 7 nitrogen and oxygen atoms in total. The Hall–Kier alpha value is -2.96. The minimum atomic E-state index is 0.141. The van der Waals surface area contributed by atoms with E-state index < -0.39 is 0 Å². The molecule has 26 heavy (non-hydrogen) atoms. The van der Waals surface area contributed by atoms with Gasteiger partial charge in [-0.1, -0.05) is 18.2 Å². The van der Waals surface area contributed by atoms with Crippen LogP contribution in [0.4, 0.5) is 0 Å². The second kappa shape index (κ2) is 6.74. The molecule has 0 saturated heterocycles. The summed E-state index contributed by atoms with van der Waals surface area (Å²) in [4.78, 5) is 14.8. The van der Waals surface area contributed by atoms with E-state index in [1.165, 1.54) is 0 Å². The number of amides is 1. The van der Waals surface area contributed by atoms with Crippen molar-refractivity contribution in [2.45, 2.75) is 33.2 Å². The fourth-order valence-corrected chi connectivity index (χ4v) is 3.50. The van der Waals surface area contributed by atoms with Crippen LogP contribution in [0.2, 0.25) is 0 Å². The topological polar surface area (TPSA) is 68.8 Å². The molecular weight excluding hydrogens is 328 g/mol. The summed E-state index contributed by atoms with van der Waals surface area (Å²) in [6.07, 6.45) is 2.86. The van der Waals surface area contributed by atoms with E-state index in [1.807, 2.05) is 58.3 Å². The zero-order valence-corrected chi connectivity index (χ0v) is 15.1. The Morgan fingerprint density at radius 2 is 1.92 bits per heavy atom. The summed E-state index contributed by atoms with van der Waals surface area (Å²) in [6.45, 7) is 6.12. The van der Waals surface area contributed by atoms with Crippen LogP contribution in [-0.4, -0.2) is 48.4 Å². The molecule has 1 amide bonds. The molecule has 1 aliphatic rings. The highest BCUT2D eigenvalue weighted by Crippen LogP contribution is 2.19. The summed E-state index contributed by atoms with van der Waals surface area (Å²) in [6, 6.07) is 10.0. The molecule has 0 bridgehead atoms. The lowest BCUT2D eigenvalue weighted by Crippen LogP contribution is -2.35. The summed E-state index contributed by atoms with van der Waals surface area (Å²) in [5.41, 5.74) is 3.96. The highest BCUT2D eigenvalue weighted by molar-refractivity contribution is 5.79. The Bertz CT molecular complexity index is 904. The van der Waals surface area contributed by atoms with Crippen molar-refractivity contribution in [1.82, 2.24) is 29.4 Å². The lowest BCUT2D eigenvalue weighted by Gasteiger charge is -2.20. The number of hydrogen-bond acceptors (Lipinski definition) is 4. The minimum absolute atomic E-state index is 0.141. The molecule has 1 aliphatic heterocycles. The Morgan fingerprint density at radius 1 is 1.12 bits per heavy atom. The Labute approximate surface area is 152 Å². The van der Waals surface area contributed by atoms with Gasteiger partial charge in [0, 0.05) is 37.3 Å². The number of nitrogens with zero attached hydrogens (tertiary/aromatic N) is 6. The van der Waals surface area contributed by atoms with Crippen molar-refractivity contribution in [1.29, 1.82) is 0 Å². The van der Waals surface area contributed by atoms with Crippen LogP contribution < -0.4 is 0 Å². The van der Waals surface area contributed by atoms with Gasteiger partial charge >= 0.3 is 0 Å². The van der Waals surface area contributed by atoms with Gasteiger partial charge in [0.15, 0.2) is 0 Å². The number of carbonyl (C=O) groups excluding carboxylic acids is 1. The third kappa shape index (κ3) is 3.00. The summed E-state index contributed by atoms with van der Waals surface area (Å²) in [5.74, 6) is 1.09. The third-order valence-corrected chi connectivity index (χ3v) is 5.03. The van der Waals surface area contributed by atoms with Crippen LogP contribution in [0, 0.1) is 13.8 Å². The quantitative estimate of drug-likeness (QED) is 0.721. The van der Waals surface area contributed by atoms with Crippen LogP contribution in [-0.2, 0) is 24.2 Å². The number of fused-ring (bicyclic) bond motifs is 1. The van der Waals surface area contributed by atoms with Crippen molar-refractivity contribution >= 4 is 5.91 Å². The number of para-hydroxylation sites is 1. The molecule has 0 atom stereocenters. The van der Waals surface area contributed by atoms with Crippen molar-refractivity contribution in [3.8, 4) is 5.69 Å². The fourth-order valence-electron chi connectivity index (χ4n) is 3.50. The van der Waals surface area contributed by atoms with Crippen molar-refractivity contribution in [2.24, 2.45) is 0 Å². The molecule has 0 radical (unpaired) electrons. The monoisotopic (exact) mass is 350 g/mol. The molecule has 0 N–H and O–H groups in total. The molecule has 3 heterocycles. The molecule has 0 unspecified atom stereocenters. The molecule has 2 aromatic heterocycles. The number of aromatic nitrogens is 5. The summed E-state index contributed by atoms with van der Waals surface area (Å²) >= 11 is 0. The van der Waals surface area contributed by atoms with E-state index in [1.54, 1.807) is 6.33 Å². The van der Waals surface area contributed by atoms with Crippen LogP contribution in [0.3, 0.4) is 0 Å². The van der Waals surface area contributed by atoms with E-state index in [0.717, 1.165) is 41.4 Å². The zero-order valence-electron chi connectivity index (χ0n) is 15.1.